The Bertz CT molecular complexity index is 358. The summed E-state index contributed by atoms with van der Waals surface area (Å²) in [5.74, 6) is 2.55. The first-order chi connectivity index (χ1) is 10.1. The number of nitrogens with zero attached hydrogens (tertiary/aromatic N) is 2. The van der Waals surface area contributed by atoms with Crippen molar-refractivity contribution in [3.63, 3.8) is 0 Å². The highest BCUT2D eigenvalue weighted by atomic mass is 32.2. The van der Waals surface area contributed by atoms with Crippen LogP contribution in [0.5, 0.6) is 0 Å². The average Bonchev–Trinajstić information content (AvgIpc) is 2.48. The topological polar surface area (TPSA) is 46.9 Å². The van der Waals surface area contributed by atoms with Gasteiger partial charge in [0.25, 0.3) is 0 Å². The third kappa shape index (κ3) is 2.65. The van der Waals surface area contributed by atoms with Crippen LogP contribution in [0, 0.1) is 11.8 Å². The van der Waals surface area contributed by atoms with Crippen molar-refractivity contribution in [2.45, 2.75) is 36.9 Å². The van der Waals surface area contributed by atoms with E-state index in [9.17, 15) is 10.2 Å². The first-order valence-corrected chi connectivity index (χ1v) is 9.70. The smallest absolute Gasteiger partial charge is 0.0892 e. The van der Waals surface area contributed by atoms with Crippen LogP contribution in [-0.4, -0.2) is 82.0 Å². The Balaban J connectivity index is 1.33. The van der Waals surface area contributed by atoms with Gasteiger partial charge in [0, 0.05) is 24.6 Å². The van der Waals surface area contributed by atoms with Crippen molar-refractivity contribution in [3.05, 3.63) is 0 Å². The molecule has 2 atom stereocenters. The molecule has 2 N–H and O–H groups in total. The van der Waals surface area contributed by atoms with Crippen LogP contribution in [0.15, 0.2) is 0 Å². The Morgan fingerprint density at radius 2 is 1.14 bits per heavy atom. The molecule has 2 unspecified atom stereocenters. The van der Waals surface area contributed by atoms with Crippen molar-refractivity contribution < 1.29 is 10.2 Å². The Kier molecular flexibility index (Phi) is 3.78. The first-order valence-electron chi connectivity index (χ1n) is 8.55. The molecule has 4 bridgehead atoms. The van der Waals surface area contributed by atoms with Crippen LogP contribution in [0.4, 0.5) is 0 Å². The summed E-state index contributed by atoms with van der Waals surface area (Å²) in [6, 6.07) is 0. The lowest BCUT2D eigenvalue weighted by Gasteiger charge is -2.52. The van der Waals surface area contributed by atoms with Crippen LogP contribution in [0.1, 0.15) is 25.7 Å². The monoisotopic (exact) mass is 312 g/mol. The number of aliphatic hydroxyl groups is 2. The van der Waals surface area contributed by atoms with Gasteiger partial charge in [0.15, 0.2) is 0 Å². The fourth-order valence-electron chi connectivity index (χ4n) is 5.02. The molecule has 0 aliphatic carbocycles. The molecule has 6 aliphatic rings. The van der Waals surface area contributed by atoms with Gasteiger partial charge in [-0.3, -0.25) is 0 Å². The summed E-state index contributed by atoms with van der Waals surface area (Å²) in [6.45, 7) is 6.35. The van der Waals surface area contributed by atoms with Crippen molar-refractivity contribution in [1.29, 1.82) is 0 Å². The molecule has 5 heteroatoms. The lowest BCUT2D eigenvalue weighted by atomic mass is 9.76. The number of hydrogen-bond donors (Lipinski definition) is 2. The molecule has 6 aliphatic heterocycles. The van der Waals surface area contributed by atoms with E-state index in [0.717, 1.165) is 50.3 Å². The summed E-state index contributed by atoms with van der Waals surface area (Å²) in [6.07, 6.45) is 4.60. The van der Waals surface area contributed by atoms with E-state index in [1.54, 1.807) is 11.8 Å². The van der Waals surface area contributed by atoms with Crippen LogP contribution in [0.3, 0.4) is 0 Å². The predicted molar refractivity (Wildman–Crippen MR) is 85.6 cm³/mol. The summed E-state index contributed by atoms with van der Waals surface area (Å²) in [5.41, 5.74) is -1.02. The Morgan fingerprint density at radius 1 is 0.762 bits per heavy atom. The van der Waals surface area contributed by atoms with Gasteiger partial charge >= 0.3 is 0 Å². The van der Waals surface area contributed by atoms with E-state index in [4.69, 9.17) is 0 Å². The van der Waals surface area contributed by atoms with Crippen molar-refractivity contribution in [3.8, 4) is 0 Å². The zero-order valence-corrected chi connectivity index (χ0v) is 13.7. The molecule has 21 heavy (non-hydrogen) atoms. The van der Waals surface area contributed by atoms with Crippen molar-refractivity contribution in [2.24, 2.45) is 11.8 Å². The minimum absolute atomic E-state index is 0.483. The highest BCUT2D eigenvalue weighted by molar-refractivity contribution is 7.99. The molecule has 0 saturated carbocycles. The molecule has 6 rings (SSSR count). The van der Waals surface area contributed by atoms with Crippen LogP contribution in [0.25, 0.3) is 0 Å². The third-order valence-electron chi connectivity index (χ3n) is 6.39. The quantitative estimate of drug-likeness (QED) is 0.797. The molecule has 120 valence electrons. The third-order valence-corrected chi connectivity index (χ3v) is 7.80. The van der Waals surface area contributed by atoms with E-state index in [-0.39, 0.29) is 0 Å². The van der Waals surface area contributed by atoms with Crippen molar-refractivity contribution >= 4 is 11.8 Å². The molecular formula is C16H28N2O2S. The molecule has 0 radical (unpaired) electrons. The zero-order chi connectivity index (χ0) is 14.5. The van der Waals surface area contributed by atoms with E-state index < -0.39 is 11.2 Å². The van der Waals surface area contributed by atoms with Crippen LogP contribution < -0.4 is 0 Å². The van der Waals surface area contributed by atoms with E-state index in [0.29, 0.717) is 11.8 Å². The lowest BCUT2D eigenvalue weighted by molar-refractivity contribution is -0.0985. The molecule has 6 saturated heterocycles. The first kappa shape index (κ1) is 14.8. The number of fused-ring (bicyclic) bond motifs is 6. The lowest BCUT2D eigenvalue weighted by Crippen LogP contribution is -2.62. The Labute approximate surface area is 131 Å². The molecule has 4 nitrogen and oxygen atoms in total. The second-order valence-electron chi connectivity index (χ2n) is 7.80. The average molecular weight is 312 g/mol. The van der Waals surface area contributed by atoms with Gasteiger partial charge in [0.2, 0.25) is 0 Å². The Morgan fingerprint density at radius 3 is 1.43 bits per heavy atom. The van der Waals surface area contributed by atoms with E-state index >= 15 is 0 Å². The highest BCUT2D eigenvalue weighted by Crippen LogP contribution is 2.41. The second kappa shape index (κ2) is 5.38. The summed E-state index contributed by atoms with van der Waals surface area (Å²) >= 11 is 1.79. The predicted octanol–water partition coefficient (Wildman–Crippen LogP) is 0.633. The van der Waals surface area contributed by atoms with Gasteiger partial charge in [-0.15, -0.1) is 0 Å². The number of thioether (sulfide) groups is 1. The minimum atomic E-state index is -0.508. The van der Waals surface area contributed by atoms with Crippen molar-refractivity contribution in [2.75, 3.05) is 50.8 Å². The molecule has 0 aromatic heterocycles. The van der Waals surface area contributed by atoms with Crippen molar-refractivity contribution in [1.82, 2.24) is 9.80 Å². The molecule has 0 aromatic carbocycles. The molecule has 0 amide bonds. The summed E-state index contributed by atoms with van der Waals surface area (Å²) in [5, 5.41) is 21.9. The zero-order valence-electron chi connectivity index (χ0n) is 12.8. The normalized spacial score (nSPS) is 52.3. The summed E-state index contributed by atoms with van der Waals surface area (Å²) in [4.78, 5) is 4.81. The fraction of sp³-hybridized carbons (Fsp3) is 1.00. The second-order valence-corrected chi connectivity index (χ2v) is 8.79. The maximum atomic E-state index is 11.0. The number of rotatable bonds is 4. The van der Waals surface area contributed by atoms with E-state index in [1.165, 1.54) is 26.2 Å². The molecule has 6 fully saturated rings. The number of hydrogen-bond acceptors (Lipinski definition) is 5. The minimum Gasteiger partial charge on any atom is -0.387 e. The van der Waals surface area contributed by atoms with Crippen LogP contribution in [-0.2, 0) is 0 Å². The van der Waals surface area contributed by atoms with Gasteiger partial charge < -0.3 is 20.0 Å². The summed E-state index contributed by atoms with van der Waals surface area (Å²) < 4.78 is 0. The van der Waals surface area contributed by atoms with Gasteiger partial charge in [-0.2, -0.15) is 11.8 Å². The van der Waals surface area contributed by atoms with Gasteiger partial charge in [0.1, 0.15) is 0 Å². The maximum absolute atomic E-state index is 11.0. The molecule has 0 aromatic rings. The van der Waals surface area contributed by atoms with Crippen LogP contribution >= 0.6 is 11.8 Å². The van der Waals surface area contributed by atoms with E-state index in [2.05, 4.69) is 9.80 Å². The molecule has 6 heterocycles. The Hall–Kier alpha value is 0.190. The van der Waals surface area contributed by atoms with Gasteiger partial charge in [-0.05, 0) is 63.7 Å². The fourth-order valence-corrected chi connectivity index (χ4v) is 6.48. The maximum Gasteiger partial charge on any atom is 0.0892 e. The number of piperidine rings is 6. The van der Waals surface area contributed by atoms with Gasteiger partial charge in [-0.25, -0.2) is 0 Å². The van der Waals surface area contributed by atoms with E-state index in [1.807, 2.05) is 0 Å². The molecular weight excluding hydrogens is 284 g/mol. The van der Waals surface area contributed by atoms with Gasteiger partial charge in [0.05, 0.1) is 11.2 Å². The largest absolute Gasteiger partial charge is 0.387 e. The SMILES string of the molecule is OC1(CSCC2(O)CN3CCC2CC3)CN2CCC1CC2. The molecule has 0 spiro atoms. The summed E-state index contributed by atoms with van der Waals surface area (Å²) in [7, 11) is 0. The standard InChI is InChI=1S/C16H28N2O2S/c19-15(9-17-5-1-13(15)2-6-17)11-21-12-16(20)10-18-7-3-14(16)4-8-18/h13-14,19-20H,1-12H2. The van der Waals surface area contributed by atoms with Gasteiger partial charge in [-0.1, -0.05) is 0 Å². The van der Waals surface area contributed by atoms with Crippen LogP contribution in [0.2, 0.25) is 0 Å². The highest BCUT2D eigenvalue weighted by Gasteiger charge is 2.48.